The van der Waals surface area contributed by atoms with E-state index in [1.807, 2.05) is 19.9 Å². The van der Waals surface area contributed by atoms with Crippen molar-refractivity contribution in [3.8, 4) is 23.0 Å². The fourth-order valence-electron chi connectivity index (χ4n) is 2.33. The molecule has 130 valence electrons. The second-order valence-corrected chi connectivity index (χ2v) is 6.05. The lowest BCUT2D eigenvalue weighted by atomic mass is 10.1. The van der Waals surface area contributed by atoms with Crippen molar-refractivity contribution in [3.05, 3.63) is 53.7 Å². The molecule has 6 nitrogen and oxygen atoms in total. The highest BCUT2D eigenvalue weighted by Gasteiger charge is 2.15. The number of aromatic nitrogens is 4. The molecule has 0 atom stereocenters. The van der Waals surface area contributed by atoms with E-state index in [2.05, 4.69) is 15.1 Å². The van der Waals surface area contributed by atoms with Crippen LogP contribution in [0.15, 0.2) is 36.7 Å². The number of aryl methyl sites for hydroxylation is 1. The van der Waals surface area contributed by atoms with Gasteiger partial charge in [-0.05, 0) is 18.1 Å². The molecule has 0 fully saturated rings. The average molecular weight is 341 g/mol. The van der Waals surface area contributed by atoms with Crippen molar-refractivity contribution in [2.45, 2.75) is 26.3 Å². The number of nitrogens with zero attached hydrogens (tertiary/aromatic N) is 4. The zero-order chi connectivity index (χ0) is 18.0. The number of rotatable bonds is 5. The van der Waals surface area contributed by atoms with E-state index >= 15 is 0 Å². The molecule has 0 saturated heterocycles. The molecular weight excluding hydrogens is 321 g/mol. The van der Waals surface area contributed by atoms with E-state index < -0.39 is 5.82 Å². The largest absolute Gasteiger partial charge is 0.438 e. The fourth-order valence-corrected chi connectivity index (χ4v) is 2.33. The van der Waals surface area contributed by atoms with Gasteiger partial charge in [-0.15, -0.1) is 0 Å². The molecule has 2 aromatic heterocycles. The van der Waals surface area contributed by atoms with Crippen LogP contribution in [0, 0.1) is 5.82 Å². The Labute approximate surface area is 145 Å². The Hall–Kier alpha value is -2.80. The Balaban J connectivity index is 1.99. The van der Waals surface area contributed by atoms with Gasteiger partial charge in [-0.2, -0.15) is 5.10 Å². The van der Waals surface area contributed by atoms with Crippen LogP contribution in [0.4, 0.5) is 4.39 Å². The van der Waals surface area contributed by atoms with Crippen LogP contribution >= 0.6 is 0 Å². The third kappa shape index (κ3) is 3.66. The number of hydrogen-bond acceptors (Lipinski definition) is 5. The normalized spacial score (nSPS) is 11.1. The summed E-state index contributed by atoms with van der Waals surface area (Å²) in [5.74, 6) is 1.16. The van der Waals surface area contributed by atoms with E-state index in [-0.39, 0.29) is 5.92 Å². The van der Waals surface area contributed by atoms with E-state index in [9.17, 15) is 4.39 Å². The van der Waals surface area contributed by atoms with E-state index in [0.717, 1.165) is 11.3 Å². The van der Waals surface area contributed by atoms with Crippen LogP contribution in [0.2, 0.25) is 0 Å². The molecule has 0 amide bonds. The highest BCUT2D eigenvalue weighted by molar-refractivity contribution is 5.64. The summed E-state index contributed by atoms with van der Waals surface area (Å²) in [6.07, 6.45) is 3.30. The van der Waals surface area contributed by atoms with Gasteiger partial charge in [0.25, 0.3) is 0 Å². The molecule has 2 heterocycles. The van der Waals surface area contributed by atoms with Crippen LogP contribution in [0.1, 0.15) is 31.0 Å². The Kier molecular flexibility index (Phi) is 4.76. The molecule has 0 aliphatic carbocycles. The number of halogens is 1. The maximum Gasteiger partial charge on any atom is 0.217 e. The molecule has 0 aliphatic heterocycles. The lowest BCUT2D eigenvalue weighted by Gasteiger charge is -2.10. The van der Waals surface area contributed by atoms with Gasteiger partial charge in [0, 0.05) is 43.7 Å². The fraction of sp³-hybridized carbons (Fsp3) is 0.278. The third-order valence-electron chi connectivity index (χ3n) is 3.79. The van der Waals surface area contributed by atoms with Crippen molar-refractivity contribution in [1.82, 2.24) is 19.7 Å². The van der Waals surface area contributed by atoms with Gasteiger partial charge in [-0.25, -0.2) is 19.0 Å². The standard InChI is InChI=1S/C18H20FN5O/c1-11(2)15-7-17(24(3)23-15)25-16-6-13(19)4-5-14(16)18-21-9-12(8-20)10-22-18/h4-7,9-11H,8,20H2,1-3H3. The molecule has 25 heavy (non-hydrogen) atoms. The SMILES string of the molecule is CC(C)c1cc(Oc2cc(F)ccc2-c2ncc(CN)cn2)n(C)n1. The van der Waals surface area contributed by atoms with Gasteiger partial charge in [0.05, 0.1) is 11.3 Å². The zero-order valence-corrected chi connectivity index (χ0v) is 14.4. The van der Waals surface area contributed by atoms with Crippen LogP contribution in [0.3, 0.4) is 0 Å². The topological polar surface area (TPSA) is 78.9 Å². The van der Waals surface area contributed by atoms with Crippen molar-refractivity contribution in [3.63, 3.8) is 0 Å². The molecule has 7 heteroatoms. The Morgan fingerprint density at radius 1 is 1.20 bits per heavy atom. The monoisotopic (exact) mass is 341 g/mol. The van der Waals surface area contributed by atoms with Crippen molar-refractivity contribution in [2.24, 2.45) is 12.8 Å². The summed E-state index contributed by atoms with van der Waals surface area (Å²) in [6.45, 7) is 4.46. The summed E-state index contributed by atoms with van der Waals surface area (Å²) in [5, 5.41) is 4.41. The first-order valence-corrected chi connectivity index (χ1v) is 8.00. The number of ether oxygens (including phenoxy) is 1. The van der Waals surface area contributed by atoms with Crippen molar-refractivity contribution < 1.29 is 9.13 Å². The molecule has 0 aliphatic rings. The Morgan fingerprint density at radius 2 is 1.92 bits per heavy atom. The predicted molar refractivity (Wildman–Crippen MR) is 92.7 cm³/mol. The summed E-state index contributed by atoms with van der Waals surface area (Å²) in [7, 11) is 1.78. The van der Waals surface area contributed by atoms with Gasteiger partial charge in [0.15, 0.2) is 5.82 Å². The van der Waals surface area contributed by atoms with Crippen LogP contribution in [-0.4, -0.2) is 19.7 Å². The number of hydrogen-bond donors (Lipinski definition) is 1. The molecule has 3 rings (SSSR count). The van der Waals surface area contributed by atoms with Crippen LogP contribution in [0.5, 0.6) is 11.6 Å². The summed E-state index contributed by atoms with van der Waals surface area (Å²) < 4.78 is 21.3. The van der Waals surface area contributed by atoms with Gasteiger partial charge >= 0.3 is 0 Å². The molecule has 0 saturated carbocycles. The van der Waals surface area contributed by atoms with Crippen molar-refractivity contribution in [2.75, 3.05) is 0 Å². The predicted octanol–water partition coefficient (Wildman–Crippen LogP) is 3.39. The molecule has 2 N–H and O–H groups in total. The Bertz CT molecular complexity index is 874. The number of nitrogens with two attached hydrogens (primary N) is 1. The second-order valence-electron chi connectivity index (χ2n) is 6.05. The van der Waals surface area contributed by atoms with Crippen LogP contribution in [-0.2, 0) is 13.6 Å². The van der Waals surface area contributed by atoms with Gasteiger partial charge in [0.1, 0.15) is 11.6 Å². The molecule has 3 aromatic rings. The first kappa shape index (κ1) is 17.0. The molecule has 0 radical (unpaired) electrons. The van der Waals surface area contributed by atoms with E-state index in [1.54, 1.807) is 30.2 Å². The van der Waals surface area contributed by atoms with Gasteiger partial charge in [0.2, 0.25) is 5.88 Å². The highest BCUT2D eigenvalue weighted by Crippen LogP contribution is 2.33. The second kappa shape index (κ2) is 6.98. The lowest BCUT2D eigenvalue weighted by molar-refractivity contribution is 0.428. The minimum absolute atomic E-state index is 0.266. The van der Waals surface area contributed by atoms with Gasteiger partial charge in [-0.1, -0.05) is 13.8 Å². The minimum atomic E-state index is -0.399. The summed E-state index contributed by atoms with van der Waals surface area (Å²) >= 11 is 0. The molecule has 0 spiro atoms. The van der Waals surface area contributed by atoms with Crippen molar-refractivity contribution >= 4 is 0 Å². The minimum Gasteiger partial charge on any atom is -0.438 e. The van der Waals surface area contributed by atoms with E-state index in [1.165, 1.54) is 12.1 Å². The van der Waals surface area contributed by atoms with E-state index in [4.69, 9.17) is 10.5 Å². The van der Waals surface area contributed by atoms with Crippen LogP contribution < -0.4 is 10.5 Å². The summed E-state index contributed by atoms with van der Waals surface area (Å²) in [5.41, 5.74) is 7.89. The van der Waals surface area contributed by atoms with Crippen molar-refractivity contribution in [1.29, 1.82) is 0 Å². The number of benzene rings is 1. The van der Waals surface area contributed by atoms with E-state index in [0.29, 0.717) is 29.6 Å². The first-order chi connectivity index (χ1) is 12.0. The third-order valence-corrected chi connectivity index (χ3v) is 3.79. The summed E-state index contributed by atoms with van der Waals surface area (Å²) in [4.78, 5) is 8.58. The maximum atomic E-state index is 13.8. The maximum absolute atomic E-state index is 13.8. The lowest BCUT2D eigenvalue weighted by Crippen LogP contribution is -2.01. The molecule has 0 unspecified atom stereocenters. The average Bonchev–Trinajstić information content (AvgIpc) is 2.96. The highest BCUT2D eigenvalue weighted by atomic mass is 19.1. The molecule has 1 aromatic carbocycles. The first-order valence-electron chi connectivity index (χ1n) is 8.00. The smallest absolute Gasteiger partial charge is 0.217 e. The quantitative estimate of drug-likeness (QED) is 0.769. The summed E-state index contributed by atoms with van der Waals surface area (Å²) in [6, 6.07) is 6.11. The Morgan fingerprint density at radius 3 is 2.52 bits per heavy atom. The molecular formula is C18H20FN5O. The zero-order valence-electron chi connectivity index (χ0n) is 14.4. The van der Waals surface area contributed by atoms with Gasteiger partial charge in [-0.3, -0.25) is 0 Å². The van der Waals surface area contributed by atoms with Gasteiger partial charge < -0.3 is 10.5 Å². The molecule has 0 bridgehead atoms. The van der Waals surface area contributed by atoms with Crippen LogP contribution in [0.25, 0.3) is 11.4 Å².